The molecule has 1 rings (SSSR count). The summed E-state index contributed by atoms with van der Waals surface area (Å²) in [4.78, 5) is 1.70. The number of likely N-dealkylation sites (N-methyl/N-ethyl adjacent to an activating group) is 2. The third kappa shape index (κ3) is 3.17. The monoisotopic (exact) mass is 228 g/mol. The highest BCUT2D eigenvalue weighted by atomic mass is 19.1. The third-order valence-corrected chi connectivity index (χ3v) is 2.63. The van der Waals surface area contributed by atoms with Crippen LogP contribution in [0.4, 0.5) is 14.5 Å². The lowest BCUT2D eigenvalue weighted by Crippen LogP contribution is -2.46. The summed E-state index contributed by atoms with van der Waals surface area (Å²) in [5, 5.41) is 3.12. The molecule has 1 aromatic carbocycles. The van der Waals surface area contributed by atoms with E-state index in [0.29, 0.717) is 6.54 Å². The van der Waals surface area contributed by atoms with Gasteiger partial charge in [0.25, 0.3) is 0 Å². The Morgan fingerprint density at radius 1 is 1.31 bits per heavy atom. The molecule has 2 nitrogen and oxygen atoms in total. The van der Waals surface area contributed by atoms with E-state index in [9.17, 15) is 8.78 Å². The highest BCUT2D eigenvalue weighted by molar-refractivity contribution is 5.47. The highest BCUT2D eigenvalue weighted by Crippen LogP contribution is 2.20. The van der Waals surface area contributed by atoms with Crippen molar-refractivity contribution in [2.24, 2.45) is 0 Å². The number of hydrogen-bond donors (Lipinski definition) is 1. The molecule has 0 aliphatic rings. The summed E-state index contributed by atoms with van der Waals surface area (Å²) in [7, 11) is 3.59. The van der Waals surface area contributed by atoms with Gasteiger partial charge in [-0.1, -0.05) is 0 Å². The summed E-state index contributed by atoms with van der Waals surface area (Å²) in [5.41, 5.74) is 0.122. The first-order valence-electron chi connectivity index (χ1n) is 5.21. The zero-order valence-corrected chi connectivity index (χ0v) is 10.1. The van der Waals surface area contributed by atoms with Crippen LogP contribution in [0.5, 0.6) is 0 Å². The van der Waals surface area contributed by atoms with Crippen LogP contribution in [0.25, 0.3) is 0 Å². The SMILES string of the molecule is CNC(C)(C)CN(C)c1cc(F)ccc1F. The predicted octanol–water partition coefficient (Wildman–Crippen LogP) is 2.40. The number of nitrogens with zero attached hydrogens (tertiary/aromatic N) is 1. The van der Waals surface area contributed by atoms with E-state index < -0.39 is 11.6 Å². The van der Waals surface area contributed by atoms with Crippen molar-refractivity contribution >= 4 is 5.69 Å². The van der Waals surface area contributed by atoms with Crippen molar-refractivity contribution in [1.82, 2.24) is 5.32 Å². The van der Waals surface area contributed by atoms with E-state index in [0.717, 1.165) is 12.1 Å². The van der Waals surface area contributed by atoms with Crippen LogP contribution in [-0.2, 0) is 0 Å². The van der Waals surface area contributed by atoms with Gasteiger partial charge in [0.2, 0.25) is 0 Å². The average molecular weight is 228 g/mol. The minimum absolute atomic E-state index is 0.159. The molecular weight excluding hydrogens is 210 g/mol. The van der Waals surface area contributed by atoms with Crippen LogP contribution in [0.2, 0.25) is 0 Å². The van der Waals surface area contributed by atoms with E-state index in [2.05, 4.69) is 5.32 Å². The van der Waals surface area contributed by atoms with Crippen LogP contribution >= 0.6 is 0 Å². The maximum Gasteiger partial charge on any atom is 0.146 e. The van der Waals surface area contributed by atoms with Gasteiger partial charge in [-0.3, -0.25) is 0 Å². The quantitative estimate of drug-likeness (QED) is 0.851. The maximum atomic E-state index is 13.5. The summed E-state index contributed by atoms with van der Waals surface area (Å²) in [5.74, 6) is -0.832. The molecule has 1 N–H and O–H groups in total. The fourth-order valence-corrected chi connectivity index (χ4v) is 1.54. The Balaban J connectivity index is 2.88. The molecule has 1 aromatic rings. The molecule has 4 heteroatoms. The topological polar surface area (TPSA) is 15.3 Å². The molecule has 0 aromatic heterocycles. The Morgan fingerprint density at radius 3 is 2.50 bits per heavy atom. The Hall–Kier alpha value is -1.16. The molecule has 0 radical (unpaired) electrons. The minimum atomic E-state index is -0.425. The molecule has 0 saturated carbocycles. The van der Waals surface area contributed by atoms with E-state index >= 15 is 0 Å². The number of halogens is 2. The van der Waals surface area contributed by atoms with Gasteiger partial charge in [0.15, 0.2) is 0 Å². The zero-order chi connectivity index (χ0) is 12.3. The Kier molecular flexibility index (Phi) is 3.86. The van der Waals surface area contributed by atoms with E-state index in [1.807, 2.05) is 20.9 Å². The molecular formula is C12H18F2N2. The van der Waals surface area contributed by atoms with Gasteiger partial charge in [0.05, 0.1) is 5.69 Å². The van der Waals surface area contributed by atoms with Crippen LogP contribution in [0, 0.1) is 11.6 Å². The number of hydrogen-bond acceptors (Lipinski definition) is 2. The molecule has 0 bridgehead atoms. The molecule has 0 heterocycles. The van der Waals surface area contributed by atoms with Gasteiger partial charge in [-0.15, -0.1) is 0 Å². The summed E-state index contributed by atoms with van der Waals surface area (Å²) in [6.45, 7) is 4.59. The first kappa shape index (κ1) is 12.9. The molecule has 0 fully saturated rings. The van der Waals surface area contributed by atoms with Crippen LogP contribution in [-0.4, -0.2) is 26.2 Å². The first-order chi connectivity index (χ1) is 7.35. The zero-order valence-electron chi connectivity index (χ0n) is 10.1. The number of benzene rings is 1. The van der Waals surface area contributed by atoms with E-state index in [1.54, 1.807) is 11.9 Å². The third-order valence-electron chi connectivity index (χ3n) is 2.63. The molecule has 0 saturated heterocycles. The summed E-state index contributed by atoms with van der Waals surface area (Å²) < 4.78 is 26.5. The van der Waals surface area contributed by atoms with E-state index in [1.165, 1.54) is 6.07 Å². The lowest BCUT2D eigenvalue weighted by Gasteiger charge is -2.31. The van der Waals surface area contributed by atoms with Crippen molar-refractivity contribution < 1.29 is 8.78 Å². The van der Waals surface area contributed by atoms with Gasteiger partial charge < -0.3 is 10.2 Å². The molecule has 0 aliphatic heterocycles. The average Bonchev–Trinajstić information content (AvgIpc) is 2.21. The number of nitrogens with one attached hydrogen (secondary N) is 1. The van der Waals surface area contributed by atoms with Crippen LogP contribution in [0.15, 0.2) is 18.2 Å². The Labute approximate surface area is 95.3 Å². The van der Waals surface area contributed by atoms with Crippen LogP contribution < -0.4 is 10.2 Å². The lowest BCUT2D eigenvalue weighted by molar-refractivity contribution is 0.426. The molecule has 0 unspecified atom stereocenters. The number of anilines is 1. The van der Waals surface area contributed by atoms with Crippen LogP contribution in [0.1, 0.15) is 13.8 Å². The maximum absolute atomic E-state index is 13.5. The highest BCUT2D eigenvalue weighted by Gasteiger charge is 2.19. The normalized spacial score (nSPS) is 11.6. The molecule has 0 aliphatic carbocycles. The second-order valence-corrected chi connectivity index (χ2v) is 4.59. The Morgan fingerprint density at radius 2 is 1.94 bits per heavy atom. The van der Waals surface area contributed by atoms with Gasteiger partial charge >= 0.3 is 0 Å². The smallest absolute Gasteiger partial charge is 0.146 e. The Bertz CT molecular complexity index is 364. The largest absolute Gasteiger partial charge is 0.370 e. The molecule has 90 valence electrons. The van der Waals surface area contributed by atoms with Crippen molar-refractivity contribution in [1.29, 1.82) is 0 Å². The van der Waals surface area contributed by atoms with Gasteiger partial charge in [-0.05, 0) is 33.0 Å². The van der Waals surface area contributed by atoms with Crippen molar-refractivity contribution in [3.63, 3.8) is 0 Å². The molecule has 0 spiro atoms. The molecule has 0 atom stereocenters. The van der Waals surface area contributed by atoms with Crippen LogP contribution in [0.3, 0.4) is 0 Å². The second-order valence-electron chi connectivity index (χ2n) is 4.59. The summed E-state index contributed by atoms with van der Waals surface area (Å²) in [6.07, 6.45) is 0. The van der Waals surface area contributed by atoms with E-state index in [4.69, 9.17) is 0 Å². The second kappa shape index (κ2) is 4.78. The van der Waals surface area contributed by atoms with Gasteiger partial charge in [-0.25, -0.2) is 8.78 Å². The van der Waals surface area contributed by atoms with Gasteiger partial charge in [0.1, 0.15) is 11.6 Å². The van der Waals surface area contributed by atoms with Crippen molar-refractivity contribution in [3.8, 4) is 0 Å². The number of rotatable bonds is 4. The lowest BCUT2D eigenvalue weighted by atomic mass is 10.1. The van der Waals surface area contributed by atoms with Crippen molar-refractivity contribution in [2.75, 3.05) is 25.5 Å². The summed E-state index contributed by atoms with van der Waals surface area (Å²) in [6, 6.07) is 3.48. The minimum Gasteiger partial charge on any atom is -0.370 e. The fraction of sp³-hybridized carbons (Fsp3) is 0.500. The van der Waals surface area contributed by atoms with E-state index in [-0.39, 0.29) is 11.2 Å². The summed E-state index contributed by atoms with van der Waals surface area (Å²) >= 11 is 0. The van der Waals surface area contributed by atoms with Gasteiger partial charge in [-0.2, -0.15) is 0 Å². The molecule has 16 heavy (non-hydrogen) atoms. The van der Waals surface area contributed by atoms with Crippen molar-refractivity contribution in [3.05, 3.63) is 29.8 Å². The van der Waals surface area contributed by atoms with Crippen molar-refractivity contribution in [2.45, 2.75) is 19.4 Å². The van der Waals surface area contributed by atoms with Gasteiger partial charge in [0, 0.05) is 25.2 Å². The first-order valence-corrected chi connectivity index (χ1v) is 5.21. The fourth-order valence-electron chi connectivity index (χ4n) is 1.54. The molecule has 0 amide bonds. The predicted molar refractivity (Wildman–Crippen MR) is 62.8 cm³/mol. The standard InChI is InChI=1S/C12H18F2N2/c1-12(2,15-3)8-16(4)11-7-9(13)5-6-10(11)14/h5-7,15H,8H2,1-4H3.